The summed E-state index contributed by atoms with van der Waals surface area (Å²) in [5.74, 6) is -2.62. The summed E-state index contributed by atoms with van der Waals surface area (Å²) in [7, 11) is 2.06. The van der Waals surface area contributed by atoms with E-state index in [9.17, 15) is 40.3 Å². The molecule has 1 unspecified atom stereocenters. The van der Waals surface area contributed by atoms with Crippen molar-refractivity contribution in [3.8, 4) is 11.5 Å². The molecule has 0 amide bonds. The first-order valence-electron chi connectivity index (χ1n) is 12.0. The summed E-state index contributed by atoms with van der Waals surface area (Å²) in [4.78, 5) is 27.1. The predicted octanol–water partition coefficient (Wildman–Crippen LogP) is -2.01. The van der Waals surface area contributed by atoms with E-state index in [0.717, 1.165) is 24.1 Å². The van der Waals surface area contributed by atoms with Crippen molar-refractivity contribution < 1.29 is 54.5 Å². The molecule has 0 saturated carbocycles. The van der Waals surface area contributed by atoms with Gasteiger partial charge in [0.2, 0.25) is 11.8 Å². The lowest BCUT2D eigenvalue weighted by molar-refractivity contribution is -0.299. The second-order valence-electron chi connectivity index (χ2n) is 10.5. The molecule has 6 rings (SSSR count). The molecule has 10 atom stereocenters. The number of hydroxylamine groups is 1. The number of rotatable bonds is 4. The second kappa shape index (κ2) is 8.11. The van der Waals surface area contributed by atoms with Gasteiger partial charge in [0.25, 0.3) is 0 Å². The molecule has 5 aliphatic rings. The number of aliphatic carboxylic acids is 1. The third kappa shape index (κ3) is 3.10. The lowest BCUT2D eigenvalue weighted by atomic mass is 9.53. The highest BCUT2D eigenvalue weighted by Gasteiger charge is 2.66. The van der Waals surface area contributed by atoms with Gasteiger partial charge >= 0.3 is 11.9 Å². The standard InChI is InChI=1S/C24H28N2O11/c1-26-7-6-23-10-3-5-13(19(23)36-16-12(27)4-2-9(14(16)23)8-11(10)26)35-22(32)17-15(28)18(29)24(33,25-34)20(37-17)21(30)31/h2-5,10-11,13,15,17-20,25,27-29,33-34H,6-8H2,1H3,(H,30,31)/t10-,11+,13-,15+,17-,18-,19-,20?,23-,24+/m0/s1. The molecule has 200 valence electrons. The van der Waals surface area contributed by atoms with E-state index in [1.165, 1.54) is 5.48 Å². The van der Waals surface area contributed by atoms with Gasteiger partial charge in [0.05, 0.1) is 0 Å². The molecule has 2 aliphatic carbocycles. The van der Waals surface area contributed by atoms with Gasteiger partial charge in [-0.15, -0.1) is 0 Å². The Bertz CT molecular complexity index is 1190. The molecule has 37 heavy (non-hydrogen) atoms. The molecule has 1 spiro atoms. The second-order valence-corrected chi connectivity index (χ2v) is 10.5. The minimum absolute atomic E-state index is 0.0158. The van der Waals surface area contributed by atoms with Crippen molar-refractivity contribution in [3.05, 3.63) is 35.4 Å². The maximum Gasteiger partial charge on any atom is 0.338 e. The first-order valence-corrected chi connectivity index (χ1v) is 12.0. The molecule has 2 saturated heterocycles. The lowest BCUT2D eigenvalue weighted by Gasteiger charge is -2.56. The molecule has 2 bridgehead atoms. The first kappa shape index (κ1) is 24.6. The Morgan fingerprint density at radius 1 is 1.24 bits per heavy atom. The molecule has 3 heterocycles. The number of aromatic hydroxyl groups is 1. The van der Waals surface area contributed by atoms with Gasteiger partial charge in [0.1, 0.15) is 18.3 Å². The quantitative estimate of drug-likeness (QED) is 0.0996. The van der Waals surface area contributed by atoms with Crippen LogP contribution >= 0.6 is 0 Å². The van der Waals surface area contributed by atoms with Crippen molar-refractivity contribution in [3.63, 3.8) is 0 Å². The number of piperidine rings is 1. The molecule has 0 radical (unpaired) electrons. The summed E-state index contributed by atoms with van der Waals surface area (Å²) in [5.41, 5.74) is -0.340. The van der Waals surface area contributed by atoms with Gasteiger partial charge in [0.15, 0.2) is 23.7 Å². The molecular weight excluding hydrogens is 492 g/mol. The van der Waals surface area contributed by atoms with Crippen molar-refractivity contribution in [2.45, 2.75) is 66.6 Å². The summed E-state index contributed by atoms with van der Waals surface area (Å²) in [6.45, 7) is 0.758. The minimum Gasteiger partial charge on any atom is -0.504 e. The zero-order chi connectivity index (χ0) is 26.4. The van der Waals surface area contributed by atoms with E-state index in [1.54, 1.807) is 12.1 Å². The summed E-state index contributed by atoms with van der Waals surface area (Å²) < 4.78 is 17.1. The summed E-state index contributed by atoms with van der Waals surface area (Å²) in [5, 5.41) is 60.3. The van der Waals surface area contributed by atoms with Crippen molar-refractivity contribution in [2.75, 3.05) is 13.6 Å². The fourth-order valence-corrected chi connectivity index (χ4v) is 7.00. The van der Waals surface area contributed by atoms with E-state index in [2.05, 4.69) is 11.9 Å². The molecule has 13 heteroatoms. The number of carbonyl (C=O) groups is 2. The highest BCUT2D eigenvalue weighted by molar-refractivity contribution is 5.79. The number of phenolic OH excluding ortho intramolecular Hbond substituents is 1. The number of carboxylic acids is 1. The summed E-state index contributed by atoms with van der Waals surface area (Å²) in [6, 6.07) is 3.65. The van der Waals surface area contributed by atoms with Gasteiger partial charge in [0, 0.05) is 22.9 Å². The third-order valence-corrected chi connectivity index (χ3v) is 8.79. The lowest BCUT2D eigenvalue weighted by Crippen LogP contribution is -2.74. The topological polar surface area (TPSA) is 198 Å². The number of aliphatic hydroxyl groups excluding tert-OH is 2. The average Bonchev–Trinajstić information content (AvgIpc) is 3.22. The number of ether oxygens (including phenoxy) is 3. The van der Waals surface area contributed by atoms with Crippen molar-refractivity contribution in [2.24, 2.45) is 5.92 Å². The van der Waals surface area contributed by atoms with Crippen LogP contribution in [-0.4, -0.2) is 110 Å². The number of likely N-dealkylation sites (tertiary alicyclic amines) is 1. The third-order valence-electron chi connectivity index (χ3n) is 8.79. The van der Waals surface area contributed by atoms with Gasteiger partial charge in [-0.3, -0.25) is 0 Å². The molecule has 2 fully saturated rings. The zero-order valence-corrected chi connectivity index (χ0v) is 19.7. The highest BCUT2D eigenvalue weighted by Crippen LogP contribution is 2.62. The Labute approximate surface area is 210 Å². The molecular formula is C24H28N2O11. The SMILES string of the molecule is CN1CC[C@]23c4c5ccc(O)c4O[C@H]2[C@@H](OC(=O)[C@H]2OC(C(=O)O)[C@@](O)(NO)[C@@H](O)[C@@H]2O)C=C[C@H]3[C@H]1C5. The van der Waals surface area contributed by atoms with Crippen LogP contribution in [0.3, 0.4) is 0 Å². The van der Waals surface area contributed by atoms with Crippen LogP contribution in [0, 0.1) is 5.92 Å². The minimum atomic E-state index is -2.98. The Hall–Kier alpha value is -2.78. The number of esters is 1. The van der Waals surface area contributed by atoms with E-state index in [-0.39, 0.29) is 17.7 Å². The Balaban J connectivity index is 1.33. The van der Waals surface area contributed by atoms with Crippen LogP contribution in [0.1, 0.15) is 17.5 Å². The number of likely N-dealkylation sites (N-methyl/N-ethyl adjacent to an activating group) is 1. The summed E-state index contributed by atoms with van der Waals surface area (Å²) in [6.07, 6.45) is -5.33. The van der Waals surface area contributed by atoms with Crippen molar-refractivity contribution >= 4 is 11.9 Å². The normalized spacial score (nSPS) is 43.6. The van der Waals surface area contributed by atoms with E-state index in [4.69, 9.17) is 14.2 Å². The largest absolute Gasteiger partial charge is 0.504 e. The van der Waals surface area contributed by atoms with Crippen LogP contribution in [0.25, 0.3) is 0 Å². The number of nitrogens with one attached hydrogen (secondary N) is 1. The fourth-order valence-electron chi connectivity index (χ4n) is 7.00. The number of hydrogen-bond acceptors (Lipinski definition) is 12. The number of carboxylic acid groups (broad SMARTS) is 1. The average molecular weight is 520 g/mol. The molecule has 1 aromatic carbocycles. The molecule has 3 aliphatic heterocycles. The number of hydrogen-bond donors (Lipinski definition) is 7. The van der Waals surface area contributed by atoms with Gasteiger partial charge in [-0.1, -0.05) is 12.1 Å². The van der Waals surface area contributed by atoms with Gasteiger partial charge in [-0.2, -0.15) is 5.48 Å². The van der Waals surface area contributed by atoms with Crippen LogP contribution in [0.15, 0.2) is 24.3 Å². The van der Waals surface area contributed by atoms with Gasteiger partial charge in [-0.05, 0) is 44.1 Å². The Morgan fingerprint density at radius 2 is 2.00 bits per heavy atom. The number of phenols is 1. The van der Waals surface area contributed by atoms with E-state index < -0.39 is 59.7 Å². The van der Waals surface area contributed by atoms with Crippen LogP contribution in [0.5, 0.6) is 11.5 Å². The van der Waals surface area contributed by atoms with Crippen LogP contribution < -0.4 is 10.2 Å². The van der Waals surface area contributed by atoms with Gasteiger partial charge < -0.3 is 49.9 Å². The molecule has 0 aromatic heterocycles. The molecule has 1 aromatic rings. The number of nitrogens with zero attached hydrogens (tertiary/aromatic N) is 1. The van der Waals surface area contributed by atoms with E-state index >= 15 is 0 Å². The van der Waals surface area contributed by atoms with E-state index in [1.807, 2.05) is 12.1 Å². The van der Waals surface area contributed by atoms with Crippen LogP contribution in [0.4, 0.5) is 0 Å². The maximum absolute atomic E-state index is 13.2. The van der Waals surface area contributed by atoms with Crippen LogP contribution in [-0.2, 0) is 30.9 Å². The first-order chi connectivity index (χ1) is 17.5. The maximum atomic E-state index is 13.2. The highest BCUT2D eigenvalue weighted by atomic mass is 16.6. The number of benzene rings is 1. The van der Waals surface area contributed by atoms with Crippen molar-refractivity contribution in [1.82, 2.24) is 10.4 Å². The Kier molecular flexibility index (Phi) is 5.38. The van der Waals surface area contributed by atoms with Gasteiger partial charge in [-0.25, -0.2) is 9.59 Å². The zero-order valence-electron chi connectivity index (χ0n) is 19.7. The van der Waals surface area contributed by atoms with Crippen molar-refractivity contribution in [1.29, 1.82) is 0 Å². The van der Waals surface area contributed by atoms with Crippen LogP contribution in [0.2, 0.25) is 0 Å². The Morgan fingerprint density at radius 3 is 2.70 bits per heavy atom. The summed E-state index contributed by atoms with van der Waals surface area (Å²) >= 11 is 0. The smallest absolute Gasteiger partial charge is 0.338 e. The number of carbonyl (C=O) groups excluding carboxylic acids is 1. The molecule has 13 nitrogen and oxygen atoms in total. The predicted molar refractivity (Wildman–Crippen MR) is 120 cm³/mol. The fraction of sp³-hybridized carbons (Fsp3) is 0.583. The monoisotopic (exact) mass is 520 g/mol. The number of aliphatic hydroxyl groups is 3. The van der Waals surface area contributed by atoms with E-state index in [0.29, 0.717) is 12.2 Å². The molecule has 7 N–H and O–H groups in total.